The van der Waals surface area contributed by atoms with Crippen molar-refractivity contribution in [3.05, 3.63) is 42.0 Å². The van der Waals surface area contributed by atoms with Gasteiger partial charge in [-0.3, -0.25) is 0 Å². The maximum atomic E-state index is 11.3. The van der Waals surface area contributed by atoms with E-state index in [9.17, 15) is 9.90 Å². The first-order chi connectivity index (χ1) is 16.2. The topological polar surface area (TPSA) is 60.4 Å². The lowest BCUT2D eigenvalue weighted by atomic mass is 9.98. The minimum atomic E-state index is -1.18. The van der Waals surface area contributed by atoms with Crippen molar-refractivity contribution in [3.8, 4) is 5.75 Å². The number of carboxylic acids is 1. The molecule has 0 aliphatic heterocycles. The zero-order valence-corrected chi connectivity index (χ0v) is 22.4. The average molecular weight is 472 g/mol. The van der Waals surface area contributed by atoms with E-state index in [1.54, 1.807) is 18.2 Å². The van der Waals surface area contributed by atoms with Crippen LogP contribution in [0.3, 0.4) is 0 Å². The summed E-state index contributed by atoms with van der Waals surface area (Å²) in [5.41, 5.74) is -0.177. The number of rotatable bonds is 15. The van der Waals surface area contributed by atoms with Crippen molar-refractivity contribution in [2.45, 2.75) is 103 Å². The summed E-state index contributed by atoms with van der Waals surface area (Å²) in [6.45, 7) is 4.60. The van der Waals surface area contributed by atoms with Crippen molar-refractivity contribution in [3.63, 3.8) is 0 Å². The Labute approximate surface area is 208 Å². The highest BCUT2D eigenvalue weighted by Gasteiger charge is 2.22. The minimum absolute atomic E-state index is 0.177. The summed E-state index contributed by atoms with van der Waals surface area (Å²) >= 11 is 0. The van der Waals surface area contributed by atoms with Gasteiger partial charge < -0.3 is 14.7 Å². The molecule has 2 aromatic rings. The first-order valence-electron chi connectivity index (χ1n) is 13.4. The van der Waals surface area contributed by atoms with Gasteiger partial charge in [0.15, 0.2) is 0 Å². The SMILES string of the molecule is CCCCCCCCC(CCCCCCC)[N+](C)(C)C.O=C(O)c1cc2ccccc2cc1[O-]. The highest BCUT2D eigenvalue weighted by Crippen LogP contribution is 2.23. The van der Waals surface area contributed by atoms with Gasteiger partial charge in [0, 0.05) is 0 Å². The molecule has 34 heavy (non-hydrogen) atoms. The molecule has 0 heterocycles. The van der Waals surface area contributed by atoms with Crippen LogP contribution in [0.25, 0.3) is 10.8 Å². The number of quaternary nitrogens is 1. The number of carbonyl (C=O) groups is 1. The zero-order chi connectivity index (χ0) is 25.4. The van der Waals surface area contributed by atoms with E-state index in [0.717, 1.165) is 21.3 Å². The van der Waals surface area contributed by atoms with Gasteiger partial charge >= 0.3 is 5.97 Å². The van der Waals surface area contributed by atoms with E-state index in [2.05, 4.69) is 35.0 Å². The first kappa shape index (κ1) is 30.0. The number of carboxylic acid groups (broad SMARTS) is 1. The molecule has 0 radical (unpaired) electrons. The number of benzene rings is 2. The first-order valence-corrected chi connectivity index (χ1v) is 13.4. The Kier molecular flexibility index (Phi) is 14.6. The number of nitrogens with zero attached hydrogens (tertiary/aromatic N) is 1. The van der Waals surface area contributed by atoms with E-state index in [0.29, 0.717) is 0 Å². The van der Waals surface area contributed by atoms with Crippen LogP contribution in [0.1, 0.15) is 108 Å². The number of aromatic carboxylic acids is 1. The van der Waals surface area contributed by atoms with Crippen molar-refractivity contribution in [2.75, 3.05) is 21.1 Å². The second-order valence-corrected chi connectivity index (χ2v) is 10.5. The molecular formula is C30H49NO3. The van der Waals surface area contributed by atoms with Crippen LogP contribution in [0.5, 0.6) is 5.75 Å². The summed E-state index contributed by atoms with van der Waals surface area (Å²) in [5, 5.41) is 21.6. The fraction of sp³-hybridized carbons (Fsp3) is 0.633. The molecule has 0 aliphatic carbocycles. The van der Waals surface area contributed by atoms with Crippen molar-refractivity contribution in [1.82, 2.24) is 0 Å². The quantitative estimate of drug-likeness (QED) is 0.213. The summed E-state index contributed by atoms with van der Waals surface area (Å²) in [4.78, 5) is 10.7. The lowest BCUT2D eigenvalue weighted by Crippen LogP contribution is -2.45. The predicted octanol–water partition coefficient (Wildman–Crippen LogP) is 7.78. The Hall–Kier alpha value is -2.07. The van der Waals surface area contributed by atoms with Crippen molar-refractivity contribution in [2.24, 2.45) is 0 Å². The van der Waals surface area contributed by atoms with Crippen LogP contribution >= 0.6 is 0 Å². The van der Waals surface area contributed by atoms with Gasteiger partial charge in [0.05, 0.1) is 32.7 Å². The van der Waals surface area contributed by atoms with Gasteiger partial charge in [-0.15, -0.1) is 0 Å². The summed E-state index contributed by atoms with van der Waals surface area (Å²) in [7, 11) is 7.15. The normalized spacial score (nSPS) is 12.3. The molecule has 0 spiro atoms. The minimum Gasteiger partial charge on any atom is -0.872 e. The molecular weight excluding hydrogens is 422 g/mol. The number of unbranched alkanes of at least 4 members (excludes halogenated alkanes) is 9. The maximum Gasteiger partial charge on any atom is 0.335 e. The lowest BCUT2D eigenvalue weighted by molar-refractivity contribution is -0.896. The van der Waals surface area contributed by atoms with Gasteiger partial charge in [-0.05, 0) is 42.5 Å². The van der Waals surface area contributed by atoms with Gasteiger partial charge in [0.1, 0.15) is 0 Å². The molecule has 0 aliphatic rings. The molecule has 1 N–H and O–H groups in total. The maximum absolute atomic E-state index is 11.3. The molecule has 4 nitrogen and oxygen atoms in total. The molecule has 0 aromatic heterocycles. The van der Waals surface area contributed by atoms with Gasteiger partial charge in [-0.25, -0.2) is 4.79 Å². The summed E-state index contributed by atoms with van der Waals surface area (Å²) in [6, 6.07) is 10.8. The molecule has 1 atom stereocenters. The fourth-order valence-electron chi connectivity index (χ4n) is 4.45. The van der Waals surface area contributed by atoms with E-state index in [1.165, 1.54) is 95.6 Å². The number of fused-ring (bicyclic) bond motifs is 1. The Bertz CT molecular complexity index is 825. The molecule has 0 saturated carbocycles. The van der Waals surface area contributed by atoms with Crippen LogP contribution in [-0.4, -0.2) is 42.7 Å². The average Bonchev–Trinajstić information content (AvgIpc) is 2.78. The van der Waals surface area contributed by atoms with Crippen LogP contribution in [0, 0.1) is 0 Å². The second kappa shape index (κ2) is 16.5. The Morgan fingerprint density at radius 2 is 1.24 bits per heavy atom. The summed E-state index contributed by atoms with van der Waals surface area (Å²) in [5.74, 6) is -1.63. The predicted molar refractivity (Wildman–Crippen MR) is 144 cm³/mol. The Balaban J connectivity index is 0.000000358. The van der Waals surface area contributed by atoms with Gasteiger partial charge in [0.2, 0.25) is 0 Å². The molecule has 1 unspecified atom stereocenters. The second-order valence-electron chi connectivity index (χ2n) is 10.5. The highest BCUT2D eigenvalue weighted by molar-refractivity contribution is 5.97. The van der Waals surface area contributed by atoms with Crippen LogP contribution in [0.2, 0.25) is 0 Å². The van der Waals surface area contributed by atoms with Crippen LogP contribution in [-0.2, 0) is 0 Å². The van der Waals surface area contributed by atoms with Crippen LogP contribution in [0.4, 0.5) is 0 Å². The van der Waals surface area contributed by atoms with E-state index in [1.807, 2.05) is 6.07 Å². The van der Waals surface area contributed by atoms with E-state index in [-0.39, 0.29) is 5.56 Å². The third kappa shape index (κ3) is 11.9. The molecule has 0 amide bonds. The third-order valence-electron chi connectivity index (χ3n) is 6.71. The van der Waals surface area contributed by atoms with Crippen molar-refractivity contribution >= 4 is 16.7 Å². The lowest BCUT2D eigenvalue weighted by Gasteiger charge is -2.34. The van der Waals surface area contributed by atoms with Gasteiger partial charge in [-0.1, -0.05) is 108 Å². The van der Waals surface area contributed by atoms with E-state index in [4.69, 9.17) is 5.11 Å². The van der Waals surface area contributed by atoms with E-state index < -0.39 is 11.7 Å². The fourth-order valence-corrected chi connectivity index (χ4v) is 4.45. The molecule has 192 valence electrons. The molecule has 0 bridgehead atoms. The standard InChI is InChI=1S/C19H42N.C11H8O3/c1-6-8-10-12-14-16-18-19(20(3,4)5)17-15-13-11-9-7-2;12-10-6-8-4-2-1-3-7(8)5-9(10)11(13)14/h19H,6-18H2,1-5H3;1-6,12H,(H,13,14)/q+1;/p-1. The molecule has 2 aromatic carbocycles. The van der Waals surface area contributed by atoms with E-state index >= 15 is 0 Å². The summed E-state index contributed by atoms with van der Waals surface area (Å²) in [6.07, 6.45) is 18.6. The third-order valence-corrected chi connectivity index (χ3v) is 6.71. The molecule has 0 saturated heterocycles. The Morgan fingerprint density at radius 3 is 1.68 bits per heavy atom. The molecule has 0 fully saturated rings. The zero-order valence-electron chi connectivity index (χ0n) is 22.4. The molecule has 4 heteroatoms. The largest absolute Gasteiger partial charge is 0.872 e. The van der Waals surface area contributed by atoms with Crippen LogP contribution < -0.4 is 5.11 Å². The van der Waals surface area contributed by atoms with Crippen molar-refractivity contribution in [1.29, 1.82) is 0 Å². The Morgan fingerprint density at radius 1 is 0.794 bits per heavy atom. The van der Waals surface area contributed by atoms with Crippen molar-refractivity contribution < 1.29 is 19.5 Å². The van der Waals surface area contributed by atoms with Gasteiger partial charge in [0.25, 0.3) is 0 Å². The van der Waals surface area contributed by atoms with Gasteiger partial charge in [-0.2, -0.15) is 0 Å². The summed E-state index contributed by atoms with van der Waals surface area (Å²) < 4.78 is 1.16. The molecule has 2 rings (SSSR count). The highest BCUT2D eigenvalue weighted by atomic mass is 16.4. The van der Waals surface area contributed by atoms with Crippen LogP contribution in [0.15, 0.2) is 36.4 Å². The monoisotopic (exact) mass is 471 g/mol. The smallest absolute Gasteiger partial charge is 0.335 e. The number of hydrogen-bond acceptors (Lipinski definition) is 2. The number of hydrogen-bond donors (Lipinski definition) is 1.